The summed E-state index contributed by atoms with van der Waals surface area (Å²) in [5, 5.41) is 0. The number of methoxy groups -OCH3 is 1. The fraction of sp³-hybridized carbons (Fsp3) is 0.417. The smallest absolute Gasteiger partial charge is 0.135 e. The van der Waals surface area contributed by atoms with E-state index in [9.17, 15) is 4.39 Å². The minimum absolute atomic E-state index is 0.0777. The van der Waals surface area contributed by atoms with Crippen LogP contribution in [-0.4, -0.2) is 31.8 Å². The highest BCUT2D eigenvalue weighted by Gasteiger charge is 2.15. The second kappa shape index (κ2) is 6.51. The molecule has 1 aromatic carbocycles. The minimum Gasteiger partial charge on any atom is -0.389 e. The molecule has 0 atom stereocenters. The fourth-order valence-corrected chi connectivity index (χ4v) is 1.87. The molecule has 94 valence electrons. The lowest BCUT2D eigenvalue weighted by Gasteiger charge is -2.25. The van der Waals surface area contributed by atoms with Crippen LogP contribution in [0.2, 0.25) is 0 Å². The molecule has 5 heteroatoms. The fourth-order valence-electron chi connectivity index (χ4n) is 1.67. The third-order valence-electron chi connectivity index (χ3n) is 2.53. The van der Waals surface area contributed by atoms with Crippen LogP contribution < -0.4 is 10.6 Å². The highest BCUT2D eigenvalue weighted by Crippen LogP contribution is 2.23. The molecule has 1 rings (SSSR count). The molecule has 0 aliphatic carbocycles. The Morgan fingerprint density at radius 2 is 2.24 bits per heavy atom. The highest BCUT2D eigenvalue weighted by molar-refractivity contribution is 7.80. The number of hydrogen-bond donors (Lipinski definition) is 1. The Bertz CT molecular complexity index is 398. The van der Waals surface area contributed by atoms with Crippen molar-refractivity contribution in [3.63, 3.8) is 0 Å². The van der Waals surface area contributed by atoms with Crippen molar-refractivity contribution in [2.75, 3.05) is 31.7 Å². The van der Waals surface area contributed by atoms with Gasteiger partial charge in [-0.25, -0.2) is 4.39 Å². The Labute approximate surface area is 106 Å². The van der Waals surface area contributed by atoms with Crippen molar-refractivity contribution in [3.05, 3.63) is 29.6 Å². The molecule has 0 fully saturated rings. The number of nitrogens with zero attached hydrogens (tertiary/aromatic N) is 1. The molecule has 0 amide bonds. The Kier molecular flexibility index (Phi) is 5.31. The van der Waals surface area contributed by atoms with Gasteiger partial charge >= 0.3 is 0 Å². The summed E-state index contributed by atoms with van der Waals surface area (Å²) in [5.41, 5.74) is 6.60. The van der Waals surface area contributed by atoms with Crippen LogP contribution in [0.15, 0.2) is 18.2 Å². The first kappa shape index (κ1) is 13.9. The molecule has 0 aliphatic rings. The van der Waals surface area contributed by atoms with Crippen molar-refractivity contribution in [2.24, 2.45) is 5.73 Å². The summed E-state index contributed by atoms with van der Waals surface area (Å²) in [7, 11) is 1.63. The van der Waals surface area contributed by atoms with Gasteiger partial charge in [0.1, 0.15) is 10.8 Å². The summed E-state index contributed by atoms with van der Waals surface area (Å²) in [6, 6.07) is 4.83. The van der Waals surface area contributed by atoms with E-state index in [1.54, 1.807) is 13.2 Å². The van der Waals surface area contributed by atoms with Gasteiger partial charge in [0, 0.05) is 25.9 Å². The maximum Gasteiger partial charge on any atom is 0.135 e. The van der Waals surface area contributed by atoms with E-state index in [1.165, 1.54) is 6.07 Å². The first-order chi connectivity index (χ1) is 8.11. The first-order valence-corrected chi connectivity index (χ1v) is 5.84. The van der Waals surface area contributed by atoms with Gasteiger partial charge in [0.2, 0.25) is 0 Å². The average molecular weight is 256 g/mol. The van der Waals surface area contributed by atoms with Gasteiger partial charge in [0.05, 0.1) is 12.2 Å². The lowest BCUT2D eigenvalue weighted by Crippen LogP contribution is -2.29. The van der Waals surface area contributed by atoms with Crippen molar-refractivity contribution >= 4 is 22.9 Å². The molecule has 17 heavy (non-hydrogen) atoms. The predicted molar refractivity (Wildman–Crippen MR) is 72.1 cm³/mol. The van der Waals surface area contributed by atoms with E-state index in [1.807, 2.05) is 17.9 Å². The molecule has 0 aromatic heterocycles. The van der Waals surface area contributed by atoms with Crippen LogP contribution in [-0.2, 0) is 4.74 Å². The van der Waals surface area contributed by atoms with E-state index in [0.717, 1.165) is 12.2 Å². The van der Waals surface area contributed by atoms with Crippen LogP contribution in [0.1, 0.15) is 12.5 Å². The van der Waals surface area contributed by atoms with Crippen LogP contribution in [0.3, 0.4) is 0 Å². The van der Waals surface area contributed by atoms with Gasteiger partial charge in [0.15, 0.2) is 0 Å². The third-order valence-corrected chi connectivity index (χ3v) is 2.73. The maximum atomic E-state index is 13.7. The lowest BCUT2D eigenvalue weighted by atomic mass is 10.1. The molecule has 2 N–H and O–H groups in total. The van der Waals surface area contributed by atoms with Crippen LogP contribution in [0, 0.1) is 5.82 Å². The number of anilines is 1. The molecule has 0 bridgehead atoms. The van der Waals surface area contributed by atoms with Crippen molar-refractivity contribution in [3.8, 4) is 0 Å². The number of likely N-dealkylation sites (N-methyl/N-ethyl adjacent to an activating group) is 1. The van der Waals surface area contributed by atoms with Crippen LogP contribution in [0.5, 0.6) is 0 Å². The van der Waals surface area contributed by atoms with E-state index in [-0.39, 0.29) is 10.8 Å². The van der Waals surface area contributed by atoms with E-state index in [0.29, 0.717) is 18.7 Å². The predicted octanol–water partition coefficient (Wildman–Crippen LogP) is 1.93. The lowest BCUT2D eigenvalue weighted by molar-refractivity contribution is 0.205. The summed E-state index contributed by atoms with van der Waals surface area (Å²) in [6.07, 6.45) is 0. The Morgan fingerprint density at radius 1 is 1.53 bits per heavy atom. The summed E-state index contributed by atoms with van der Waals surface area (Å²) in [6.45, 7) is 3.97. The molecule has 0 unspecified atom stereocenters. The molecule has 0 saturated heterocycles. The SMILES string of the molecule is CCN(CCOC)c1cccc(F)c1C(N)=S. The second-order valence-corrected chi connectivity index (χ2v) is 4.01. The third kappa shape index (κ3) is 3.38. The molecule has 0 spiro atoms. The van der Waals surface area contributed by atoms with Crippen molar-refractivity contribution < 1.29 is 9.13 Å². The quantitative estimate of drug-likeness (QED) is 0.789. The van der Waals surface area contributed by atoms with Crippen molar-refractivity contribution in [2.45, 2.75) is 6.92 Å². The zero-order valence-corrected chi connectivity index (χ0v) is 10.9. The van der Waals surface area contributed by atoms with Crippen LogP contribution >= 0.6 is 12.2 Å². The number of nitrogens with two attached hydrogens (primary N) is 1. The highest BCUT2D eigenvalue weighted by atomic mass is 32.1. The largest absolute Gasteiger partial charge is 0.389 e. The molecule has 0 saturated carbocycles. The Morgan fingerprint density at radius 3 is 2.76 bits per heavy atom. The molecule has 1 aromatic rings. The summed E-state index contributed by atoms with van der Waals surface area (Å²) in [4.78, 5) is 2.06. The molecule has 0 radical (unpaired) electrons. The monoisotopic (exact) mass is 256 g/mol. The van der Waals surface area contributed by atoms with E-state index >= 15 is 0 Å². The van der Waals surface area contributed by atoms with Crippen LogP contribution in [0.25, 0.3) is 0 Å². The number of halogens is 1. The topological polar surface area (TPSA) is 38.5 Å². The van der Waals surface area contributed by atoms with Crippen LogP contribution in [0.4, 0.5) is 10.1 Å². The number of benzene rings is 1. The maximum absolute atomic E-state index is 13.7. The molecule has 0 heterocycles. The van der Waals surface area contributed by atoms with Crippen molar-refractivity contribution in [1.29, 1.82) is 0 Å². The van der Waals surface area contributed by atoms with E-state index in [4.69, 9.17) is 22.7 Å². The van der Waals surface area contributed by atoms with Gasteiger partial charge < -0.3 is 15.4 Å². The Hall–Kier alpha value is -1.20. The first-order valence-electron chi connectivity index (χ1n) is 5.44. The Balaban J connectivity index is 3.09. The van der Waals surface area contributed by atoms with Crippen molar-refractivity contribution in [1.82, 2.24) is 0 Å². The normalized spacial score (nSPS) is 10.3. The number of ether oxygens (including phenoxy) is 1. The van der Waals surface area contributed by atoms with Gasteiger partial charge in [0.25, 0.3) is 0 Å². The van der Waals surface area contributed by atoms with E-state index in [2.05, 4.69) is 0 Å². The molecular weight excluding hydrogens is 239 g/mol. The van der Waals surface area contributed by atoms with Gasteiger partial charge in [-0.2, -0.15) is 0 Å². The molecule has 0 aliphatic heterocycles. The number of hydrogen-bond acceptors (Lipinski definition) is 3. The standard InChI is InChI=1S/C12H17FN2OS/c1-3-15(7-8-16-2)10-6-4-5-9(13)11(10)12(14)17/h4-6H,3,7-8H2,1-2H3,(H2,14,17). The van der Waals surface area contributed by atoms with Gasteiger partial charge in [-0.3, -0.25) is 0 Å². The summed E-state index contributed by atoms with van der Waals surface area (Å²) < 4.78 is 18.7. The summed E-state index contributed by atoms with van der Waals surface area (Å²) >= 11 is 4.90. The zero-order valence-electron chi connectivity index (χ0n) is 10.1. The van der Waals surface area contributed by atoms with E-state index < -0.39 is 0 Å². The molecular formula is C12H17FN2OS. The molecule has 3 nitrogen and oxygen atoms in total. The van der Waals surface area contributed by atoms with Gasteiger partial charge in [-0.05, 0) is 19.1 Å². The second-order valence-electron chi connectivity index (χ2n) is 3.57. The van der Waals surface area contributed by atoms with Gasteiger partial charge in [-0.15, -0.1) is 0 Å². The minimum atomic E-state index is -0.383. The van der Waals surface area contributed by atoms with Gasteiger partial charge in [-0.1, -0.05) is 18.3 Å². The number of thiocarbonyl (C=S) groups is 1. The summed E-state index contributed by atoms with van der Waals surface area (Å²) in [5.74, 6) is -0.383. The average Bonchev–Trinajstić information content (AvgIpc) is 2.29. The zero-order chi connectivity index (χ0) is 12.8. The number of rotatable bonds is 6.